The number of hydrogen-bond donors (Lipinski definition) is 0. The van der Waals surface area contributed by atoms with Crippen LogP contribution in [0, 0.1) is 5.92 Å². The summed E-state index contributed by atoms with van der Waals surface area (Å²) in [5.74, 6) is -0.344. The fraction of sp³-hybridized carbons (Fsp3) is 0.474. The topological polar surface area (TPSA) is 53.2 Å². The standard InChI is InChI=1S/C19H23FN2O3/c1-4-15-13(2)19(3,20)17(25-15)21-11-10-16(23)22(18(21)24)12-14-8-6-5-7-9-14/h5-11,13,15,17H,4,12H2,1-3H3/t13-,15-,17-,19-/m1/s1. The van der Waals surface area contributed by atoms with Crippen molar-refractivity contribution in [1.29, 1.82) is 0 Å². The smallest absolute Gasteiger partial charge is 0.333 e. The Labute approximate surface area is 145 Å². The van der Waals surface area contributed by atoms with E-state index in [0.717, 1.165) is 10.1 Å². The lowest BCUT2D eigenvalue weighted by Crippen LogP contribution is -2.44. The molecule has 4 atom stereocenters. The van der Waals surface area contributed by atoms with Gasteiger partial charge >= 0.3 is 5.69 Å². The van der Waals surface area contributed by atoms with Gasteiger partial charge in [0.25, 0.3) is 5.56 Å². The summed E-state index contributed by atoms with van der Waals surface area (Å²) in [6, 6.07) is 10.5. The SMILES string of the molecule is CC[C@H]1O[C@@H](n2ccc(=O)n(Cc3ccccc3)c2=O)[C@](C)(F)[C@@H]1C. The van der Waals surface area contributed by atoms with Crippen LogP contribution < -0.4 is 11.2 Å². The Kier molecular flexibility index (Phi) is 4.64. The molecule has 1 aliphatic rings. The molecule has 0 bridgehead atoms. The van der Waals surface area contributed by atoms with Crippen molar-refractivity contribution in [1.82, 2.24) is 9.13 Å². The van der Waals surface area contributed by atoms with Gasteiger partial charge in [-0.05, 0) is 18.9 Å². The maximum Gasteiger partial charge on any atom is 0.333 e. The van der Waals surface area contributed by atoms with E-state index in [1.54, 1.807) is 6.92 Å². The normalized spacial score (nSPS) is 29.0. The Morgan fingerprint density at radius 1 is 1.20 bits per heavy atom. The largest absolute Gasteiger partial charge is 0.351 e. The molecule has 0 radical (unpaired) electrons. The van der Waals surface area contributed by atoms with Crippen LogP contribution in [0.2, 0.25) is 0 Å². The number of hydrogen-bond acceptors (Lipinski definition) is 3. The molecule has 0 spiro atoms. The first-order valence-electron chi connectivity index (χ1n) is 8.56. The first-order valence-corrected chi connectivity index (χ1v) is 8.56. The van der Waals surface area contributed by atoms with E-state index < -0.39 is 23.1 Å². The molecule has 1 aromatic heterocycles. The van der Waals surface area contributed by atoms with Crippen LogP contribution in [0.5, 0.6) is 0 Å². The van der Waals surface area contributed by atoms with Crippen LogP contribution in [0.25, 0.3) is 0 Å². The van der Waals surface area contributed by atoms with Gasteiger partial charge in [0.2, 0.25) is 0 Å². The number of alkyl halides is 1. The average molecular weight is 346 g/mol. The van der Waals surface area contributed by atoms with E-state index in [0.29, 0.717) is 6.42 Å². The highest BCUT2D eigenvalue weighted by atomic mass is 19.1. The molecule has 0 amide bonds. The van der Waals surface area contributed by atoms with E-state index in [9.17, 15) is 9.59 Å². The minimum Gasteiger partial charge on any atom is -0.351 e. The highest BCUT2D eigenvalue weighted by molar-refractivity contribution is 5.15. The summed E-state index contributed by atoms with van der Waals surface area (Å²) in [5.41, 5.74) is -1.84. The maximum atomic E-state index is 15.3. The van der Waals surface area contributed by atoms with Gasteiger partial charge in [-0.3, -0.25) is 13.9 Å². The Hall–Kier alpha value is -2.21. The van der Waals surface area contributed by atoms with Crippen LogP contribution >= 0.6 is 0 Å². The quantitative estimate of drug-likeness (QED) is 0.855. The van der Waals surface area contributed by atoms with Crippen LogP contribution in [0.3, 0.4) is 0 Å². The number of ether oxygens (including phenoxy) is 1. The highest BCUT2D eigenvalue weighted by Crippen LogP contribution is 2.45. The Balaban J connectivity index is 2.03. The van der Waals surface area contributed by atoms with Gasteiger partial charge in [0.05, 0.1) is 12.6 Å². The summed E-state index contributed by atoms with van der Waals surface area (Å²) in [6.45, 7) is 5.32. The first kappa shape index (κ1) is 17.6. The molecule has 3 rings (SSSR count). The first-order chi connectivity index (χ1) is 11.9. The summed E-state index contributed by atoms with van der Waals surface area (Å²) >= 11 is 0. The van der Waals surface area contributed by atoms with Crippen molar-refractivity contribution < 1.29 is 9.13 Å². The number of rotatable bonds is 4. The van der Waals surface area contributed by atoms with Gasteiger partial charge in [0.1, 0.15) is 0 Å². The number of halogens is 1. The fourth-order valence-corrected chi connectivity index (χ4v) is 3.41. The average Bonchev–Trinajstić information content (AvgIpc) is 2.83. The summed E-state index contributed by atoms with van der Waals surface area (Å²) in [4.78, 5) is 25.0. The summed E-state index contributed by atoms with van der Waals surface area (Å²) < 4.78 is 23.4. The van der Waals surface area contributed by atoms with E-state index in [1.807, 2.05) is 37.3 Å². The van der Waals surface area contributed by atoms with Crippen molar-refractivity contribution in [2.45, 2.75) is 51.7 Å². The predicted molar refractivity (Wildman–Crippen MR) is 93.4 cm³/mol. The predicted octanol–water partition coefficient (Wildman–Crippen LogP) is 2.73. The van der Waals surface area contributed by atoms with Gasteiger partial charge < -0.3 is 4.74 Å². The van der Waals surface area contributed by atoms with E-state index in [1.165, 1.54) is 23.8 Å². The van der Waals surface area contributed by atoms with Gasteiger partial charge in [0, 0.05) is 18.2 Å². The molecule has 1 fully saturated rings. The minimum atomic E-state index is -1.69. The second-order valence-corrected chi connectivity index (χ2v) is 6.79. The zero-order valence-corrected chi connectivity index (χ0v) is 14.7. The highest BCUT2D eigenvalue weighted by Gasteiger charge is 2.52. The molecule has 1 aliphatic heterocycles. The lowest BCUT2D eigenvalue weighted by atomic mass is 9.88. The minimum absolute atomic E-state index is 0.141. The number of aromatic nitrogens is 2. The van der Waals surface area contributed by atoms with E-state index in [-0.39, 0.29) is 18.6 Å². The molecule has 0 unspecified atom stereocenters. The van der Waals surface area contributed by atoms with Crippen molar-refractivity contribution in [3.63, 3.8) is 0 Å². The van der Waals surface area contributed by atoms with E-state index in [2.05, 4.69) is 0 Å². The zero-order valence-electron chi connectivity index (χ0n) is 14.7. The second-order valence-electron chi connectivity index (χ2n) is 6.79. The van der Waals surface area contributed by atoms with E-state index in [4.69, 9.17) is 4.74 Å². The zero-order chi connectivity index (χ0) is 18.2. The number of nitrogens with zero attached hydrogens (tertiary/aromatic N) is 2. The summed E-state index contributed by atoms with van der Waals surface area (Å²) in [6.07, 6.45) is 0.693. The molecule has 2 aromatic rings. The fourth-order valence-electron chi connectivity index (χ4n) is 3.41. The van der Waals surface area contributed by atoms with Crippen LogP contribution in [0.15, 0.2) is 52.2 Å². The molecular formula is C19H23FN2O3. The van der Waals surface area contributed by atoms with Gasteiger partial charge in [-0.15, -0.1) is 0 Å². The molecule has 2 heterocycles. The molecule has 25 heavy (non-hydrogen) atoms. The lowest BCUT2D eigenvalue weighted by molar-refractivity contribution is -0.0508. The molecule has 1 aromatic carbocycles. The van der Waals surface area contributed by atoms with E-state index >= 15 is 4.39 Å². The second kappa shape index (κ2) is 6.59. The third-order valence-corrected chi connectivity index (χ3v) is 5.17. The van der Waals surface area contributed by atoms with Gasteiger partial charge in [0.15, 0.2) is 11.9 Å². The Morgan fingerprint density at radius 3 is 2.48 bits per heavy atom. The van der Waals surface area contributed by atoms with Crippen molar-refractivity contribution in [2.75, 3.05) is 0 Å². The molecule has 0 saturated carbocycles. The summed E-state index contributed by atoms with van der Waals surface area (Å²) in [7, 11) is 0. The van der Waals surface area contributed by atoms with Gasteiger partial charge in [-0.1, -0.05) is 44.2 Å². The molecule has 6 heteroatoms. The molecular weight excluding hydrogens is 323 g/mol. The van der Waals surface area contributed by atoms with Crippen molar-refractivity contribution in [2.24, 2.45) is 5.92 Å². The van der Waals surface area contributed by atoms with Crippen LogP contribution in [0.1, 0.15) is 39.0 Å². The maximum absolute atomic E-state index is 15.3. The van der Waals surface area contributed by atoms with Gasteiger partial charge in [-0.2, -0.15) is 0 Å². The third kappa shape index (κ3) is 3.06. The van der Waals surface area contributed by atoms with Crippen molar-refractivity contribution >= 4 is 0 Å². The van der Waals surface area contributed by atoms with Crippen LogP contribution in [-0.4, -0.2) is 20.9 Å². The van der Waals surface area contributed by atoms with Gasteiger partial charge in [-0.25, -0.2) is 9.18 Å². The molecule has 1 saturated heterocycles. The summed E-state index contributed by atoms with van der Waals surface area (Å²) in [5, 5.41) is 0. The Bertz CT molecular complexity index is 857. The molecule has 5 nitrogen and oxygen atoms in total. The van der Waals surface area contributed by atoms with Crippen LogP contribution in [0.4, 0.5) is 4.39 Å². The third-order valence-electron chi connectivity index (χ3n) is 5.17. The Morgan fingerprint density at radius 2 is 1.88 bits per heavy atom. The number of benzene rings is 1. The monoisotopic (exact) mass is 346 g/mol. The molecule has 134 valence electrons. The van der Waals surface area contributed by atoms with Crippen LogP contribution in [-0.2, 0) is 11.3 Å². The molecule has 0 aliphatic carbocycles. The molecule has 0 N–H and O–H groups in total. The lowest BCUT2D eigenvalue weighted by Gasteiger charge is -2.26. The van der Waals surface area contributed by atoms with Crippen molar-refractivity contribution in [3.05, 3.63) is 69.0 Å². The van der Waals surface area contributed by atoms with Crippen molar-refractivity contribution in [3.8, 4) is 0 Å².